The highest BCUT2D eigenvalue weighted by molar-refractivity contribution is 5.10. The van der Waals surface area contributed by atoms with E-state index in [0.717, 1.165) is 26.1 Å². The zero-order valence-electron chi connectivity index (χ0n) is 11.5. The normalized spacial score (nSPS) is 21.5. The van der Waals surface area contributed by atoms with Crippen molar-refractivity contribution in [3.63, 3.8) is 0 Å². The fourth-order valence-corrected chi connectivity index (χ4v) is 2.06. The molecule has 3 nitrogen and oxygen atoms in total. The molecule has 0 aromatic carbocycles. The van der Waals surface area contributed by atoms with Crippen LogP contribution in [0.15, 0.2) is 0 Å². The molecule has 0 spiro atoms. The number of hydrogen-bond donors (Lipinski definition) is 1. The molecule has 0 aliphatic carbocycles. The molecule has 1 fully saturated rings. The van der Waals surface area contributed by atoms with Gasteiger partial charge < -0.3 is 15.2 Å². The van der Waals surface area contributed by atoms with Crippen molar-refractivity contribution in [2.45, 2.75) is 51.7 Å². The monoisotopic (exact) mass is 239 g/mol. The molecule has 0 aromatic rings. The molecule has 1 unspecified atom stereocenters. The van der Waals surface area contributed by atoms with Gasteiger partial charge in [-0.25, -0.2) is 0 Å². The summed E-state index contributed by atoms with van der Waals surface area (Å²) in [5, 5.41) is 0. The third-order valence-electron chi connectivity index (χ3n) is 3.21. The first-order chi connectivity index (χ1) is 7.90. The minimum absolute atomic E-state index is 0.0359. The number of hydrogen-bond acceptors (Lipinski definition) is 3. The summed E-state index contributed by atoms with van der Waals surface area (Å²) in [5.74, 6) is 6.40. The smallest absolute Gasteiger partial charge is 0.0881 e. The zero-order valence-corrected chi connectivity index (χ0v) is 11.5. The van der Waals surface area contributed by atoms with Gasteiger partial charge in [0.25, 0.3) is 0 Å². The van der Waals surface area contributed by atoms with Gasteiger partial charge in [0.2, 0.25) is 0 Å². The molecule has 1 aliphatic rings. The number of ether oxygens (including phenoxy) is 2. The van der Waals surface area contributed by atoms with Crippen molar-refractivity contribution >= 4 is 0 Å². The van der Waals surface area contributed by atoms with E-state index in [1.165, 1.54) is 0 Å². The predicted molar refractivity (Wildman–Crippen MR) is 69.6 cm³/mol. The molecule has 1 atom stereocenters. The maximum Gasteiger partial charge on any atom is 0.0881 e. The molecule has 1 aliphatic heterocycles. The predicted octanol–water partition coefficient (Wildman–Crippen LogP) is 1.95. The zero-order chi connectivity index (χ0) is 12.9. The van der Waals surface area contributed by atoms with Gasteiger partial charge in [-0.1, -0.05) is 5.92 Å². The topological polar surface area (TPSA) is 44.5 Å². The third-order valence-corrected chi connectivity index (χ3v) is 3.21. The van der Waals surface area contributed by atoms with Gasteiger partial charge in [0, 0.05) is 51.0 Å². The molecular weight excluding hydrogens is 214 g/mol. The van der Waals surface area contributed by atoms with Gasteiger partial charge in [-0.2, -0.15) is 0 Å². The number of nitrogens with two attached hydrogens (primary N) is 1. The van der Waals surface area contributed by atoms with Crippen molar-refractivity contribution in [1.29, 1.82) is 0 Å². The van der Waals surface area contributed by atoms with Crippen LogP contribution in [-0.2, 0) is 9.47 Å². The third kappa shape index (κ3) is 4.31. The molecule has 98 valence electrons. The molecule has 1 heterocycles. The van der Waals surface area contributed by atoms with Crippen LogP contribution in [0.5, 0.6) is 0 Å². The van der Waals surface area contributed by atoms with Crippen LogP contribution in [-0.4, -0.2) is 32.0 Å². The minimum atomic E-state index is -0.245. The maximum atomic E-state index is 6.24. The minimum Gasteiger partial charge on any atom is -0.381 e. The second kappa shape index (κ2) is 5.86. The molecule has 0 saturated carbocycles. The Labute approximate surface area is 105 Å². The first kappa shape index (κ1) is 14.5. The van der Waals surface area contributed by atoms with E-state index >= 15 is 0 Å². The van der Waals surface area contributed by atoms with Gasteiger partial charge in [-0.3, -0.25) is 0 Å². The van der Waals surface area contributed by atoms with Gasteiger partial charge in [0.05, 0.1) is 5.60 Å². The second-order valence-electron chi connectivity index (χ2n) is 5.74. The molecule has 0 aromatic heterocycles. The van der Waals surface area contributed by atoms with Gasteiger partial charge in [0.15, 0.2) is 0 Å². The highest BCUT2D eigenvalue weighted by Gasteiger charge is 2.38. The Hall–Kier alpha value is -0.560. The Kier molecular flexibility index (Phi) is 5.00. The van der Waals surface area contributed by atoms with E-state index in [1.807, 2.05) is 0 Å². The lowest BCUT2D eigenvalue weighted by Gasteiger charge is -2.40. The van der Waals surface area contributed by atoms with Gasteiger partial charge in [-0.05, 0) is 20.8 Å². The first-order valence-electron chi connectivity index (χ1n) is 6.28. The summed E-state index contributed by atoms with van der Waals surface area (Å²) in [4.78, 5) is 0. The molecule has 0 bridgehead atoms. The molecule has 1 rings (SSSR count). The van der Waals surface area contributed by atoms with E-state index < -0.39 is 0 Å². The molecule has 17 heavy (non-hydrogen) atoms. The summed E-state index contributed by atoms with van der Waals surface area (Å²) in [7, 11) is 1.74. The number of rotatable bonds is 3. The van der Waals surface area contributed by atoms with Crippen LogP contribution in [0.25, 0.3) is 0 Å². The van der Waals surface area contributed by atoms with E-state index in [2.05, 4.69) is 32.6 Å². The lowest BCUT2D eigenvalue weighted by Crippen LogP contribution is -2.52. The Bertz CT molecular complexity index is 290. The van der Waals surface area contributed by atoms with E-state index in [4.69, 9.17) is 15.2 Å². The van der Waals surface area contributed by atoms with Gasteiger partial charge >= 0.3 is 0 Å². The lowest BCUT2D eigenvalue weighted by atomic mass is 9.84. The number of methoxy groups -OCH3 is 1. The Morgan fingerprint density at radius 1 is 1.35 bits per heavy atom. The Morgan fingerprint density at radius 2 is 1.94 bits per heavy atom. The molecule has 1 saturated heterocycles. The average Bonchev–Trinajstić information content (AvgIpc) is 2.28. The van der Waals surface area contributed by atoms with Crippen molar-refractivity contribution in [1.82, 2.24) is 0 Å². The molecule has 0 radical (unpaired) electrons. The summed E-state index contributed by atoms with van der Waals surface area (Å²) >= 11 is 0. The summed E-state index contributed by atoms with van der Waals surface area (Å²) in [6.45, 7) is 7.77. The SMILES string of the molecule is COC1(C(N)CC#CC(C)(C)C)CCOCC1. The summed E-state index contributed by atoms with van der Waals surface area (Å²) in [5.41, 5.74) is 6.03. The molecule has 0 amide bonds. The van der Waals surface area contributed by atoms with E-state index in [-0.39, 0.29) is 17.1 Å². The molecule has 2 N–H and O–H groups in total. The first-order valence-corrected chi connectivity index (χ1v) is 6.28. The van der Waals surface area contributed by atoms with Crippen LogP contribution >= 0.6 is 0 Å². The summed E-state index contributed by atoms with van der Waals surface area (Å²) in [6.07, 6.45) is 2.41. The highest BCUT2D eigenvalue weighted by Crippen LogP contribution is 2.28. The Balaban J connectivity index is 2.59. The largest absolute Gasteiger partial charge is 0.381 e. The lowest BCUT2D eigenvalue weighted by molar-refractivity contribution is -0.103. The van der Waals surface area contributed by atoms with Crippen LogP contribution in [0.3, 0.4) is 0 Å². The van der Waals surface area contributed by atoms with Crippen molar-refractivity contribution in [3.8, 4) is 11.8 Å². The summed E-state index contributed by atoms with van der Waals surface area (Å²) < 4.78 is 11.0. The highest BCUT2D eigenvalue weighted by atomic mass is 16.5. The van der Waals surface area contributed by atoms with E-state index in [0.29, 0.717) is 6.42 Å². The standard InChI is InChI=1S/C14H25NO2/c1-13(2,3)7-5-6-12(15)14(16-4)8-10-17-11-9-14/h12H,6,8-11,15H2,1-4H3. The molecule has 3 heteroatoms. The van der Waals surface area contributed by atoms with E-state index in [1.54, 1.807) is 7.11 Å². The maximum absolute atomic E-state index is 6.24. The quantitative estimate of drug-likeness (QED) is 0.766. The average molecular weight is 239 g/mol. The van der Waals surface area contributed by atoms with Crippen LogP contribution in [0.4, 0.5) is 0 Å². The van der Waals surface area contributed by atoms with Crippen molar-refractivity contribution in [2.75, 3.05) is 20.3 Å². The van der Waals surface area contributed by atoms with Crippen LogP contribution < -0.4 is 5.73 Å². The molecular formula is C14H25NO2. The van der Waals surface area contributed by atoms with Crippen molar-refractivity contribution < 1.29 is 9.47 Å². The van der Waals surface area contributed by atoms with E-state index in [9.17, 15) is 0 Å². The second-order valence-corrected chi connectivity index (χ2v) is 5.74. The van der Waals surface area contributed by atoms with Crippen molar-refractivity contribution in [2.24, 2.45) is 11.1 Å². The van der Waals surface area contributed by atoms with Crippen LogP contribution in [0.1, 0.15) is 40.0 Å². The fraction of sp³-hybridized carbons (Fsp3) is 0.857. The fourth-order valence-electron chi connectivity index (χ4n) is 2.06. The van der Waals surface area contributed by atoms with Gasteiger partial charge in [-0.15, -0.1) is 5.92 Å². The van der Waals surface area contributed by atoms with Gasteiger partial charge in [0.1, 0.15) is 0 Å². The Morgan fingerprint density at radius 3 is 2.41 bits per heavy atom. The van der Waals surface area contributed by atoms with Crippen molar-refractivity contribution in [3.05, 3.63) is 0 Å². The van der Waals surface area contributed by atoms with Crippen LogP contribution in [0.2, 0.25) is 0 Å². The van der Waals surface area contributed by atoms with Crippen LogP contribution in [0, 0.1) is 17.3 Å². The summed E-state index contributed by atoms with van der Waals surface area (Å²) in [6, 6.07) is -0.0359.